The molecule has 1 amide bonds. The molecule has 0 saturated heterocycles. The van der Waals surface area contributed by atoms with Gasteiger partial charge in [-0.05, 0) is 30.3 Å². The van der Waals surface area contributed by atoms with Gasteiger partial charge in [-0.3, -0.25) is 9.69 Å². The quantitative estimate of drug-likeness (QED) is 0.382. The Kier molecular flexibility index (Phi) is 3.03. The van der Waals surface area contributed by atoms with Gasteiger partial charge < -0.3 is 0 Å². The van der Waals surface area contributed by atoms with Crippen LogP contribution >= 0.6 is 23.2 Å². The number of pyridine rings is 2. The first kappa shape index (κ1) is 13.5. The monoisotopic (exact) mass is 329 g/mol. The molecule has 4 rings (SSSR count). The standard InChI is InChI=1S/C16H9Cl2N3O/c17-12-7-5-9-6-8-13(20-15(9)19-12)21-14(18)10-3-1-2-4-11(10)16(21)22/h1-8,14H. The Morgan fingerprint density at radius 2 is 1.77 bits per heavy atom. The lowest BCUT2D eigenvalue weighted by molar-refractivity contribution is 0.0995. The Bertz CT molecular complexity index is 913. The van der Waals surface area contributed by atoms with Crippen LogP contribution in [0.3, 0.4) is 0 Å². The van der Waals surface area contributed by atoms with Crippen molar-refractivity contribution in [2.45, 2.75) is 5.50 Å². The molecule has 1 atom stereocenters. The number of rotatable bonds is 1. The first-order chi connectivity index (χ1) is 10.6. The molecule has 0 N–H and O–H groups in total. The van der Waals surface area contributed by atoms with Crippen LogP contribution in [0.25, 0.3) is 11.0 Å². The third kappa shape index (κ3) is 1.95. The lowest BCUT2D eigenvalue weighted by Gasteiger charge is -2.19. The van der Waals surface area contributed by atoms with E-state index in [9.17, 15) is 4.79 Å². The van der Waals surface area contributed by atoms with Crippen molar-refractivity contribution in [3.63, 3.8) is 0 Å². The van der Waals surface area contributed by atoms with Crippen molar-refractivity contribution in [2.24, 2.45) is 0 Å². The van der Waals surface area contributed by atoms with Crippen molar-refractivity contribution in [2.75, 3.05) is 4.90 Å². The van der Waals surface area contributed by atoms with Crippen molar-refractivity contribution in [1.82, 2.24) is 9.97 Å². The summed E-state index contributed by atoms with van der Waals surface area (Å²) in [6, 6.07) is 14.4. The van der Waals surface area contributed by atoms with Gasteiger partial charge in [-0.25, -0.2) is 9.97 Å². The number of aromatic nitrogens is 2. The Morgan fingerprint density at radius 1 is 1.00 bits per heavy atom. The van der Waals surface area contributed by atoms with Crippen molar-refractivity contribution >= 4 is 46.0 Å². The molecule has 1 unspecified atom stereocenters. The smallest absolute Gasteiger partial charge is 0.261 e. The summed E-state index contributed by atoms with van der Waals surface area (Å²) in [5.74, 6) is 0.299. The molecule has 0 bridgehead atoms. The zero-order valence-corrected chi connectivity index (χ0v) is 12.7. The predicted molar refractivity (Wildman–Crippen MR) is 86.4 cm³/mol. The predicted octanol–water partition coefficient (Wildman–Crippen LogP) is 4.18. The highest BCUT2D eigenvalue weighted by Crippen LogP contribution is 2.39. The zero-order valence-electron chi connectivity index (χ0n) is 11.2. The van der Waals surface area contributed by atoms with Crippen molar-refractivity contribution in [3.05, 3.63) is 64.8 Å². The van der Waals surface area contributed by atoms with Gasteiger partial charge in [-0.2, -0.15) is 0 Å². The third-order valence-electron chi connectivity index (χ3n) is 3.64. The molecule has 108 valence electrons. The van der Waals surface area contributed by atoms with Crippen LogP contribution in [0.4, 0.5) is 5.82 Å². The molecule has 1 aromatic carbocycles. The highest BCUT2D eigenvalue weighted by atomic mass is 35.5. The first-order valence-corrected chi connectivity index (χ1v) is 7.46. The topological polar surface area (TPSA) is 46.1 Å². The molecule has 3 heterocycles. The molecule has 6 heteroatoms. The molecular formula is C16H9Cl2N3O. The number of halogens is 2. The van der Waals surface area contributed by atoms with E-state index in [1.807, 2.05) is 30.3 Å². The number of hydrogen-bond acceptors (Lipinski definition) is 3. The number of amides is 1. The van der Waals surface area contributed by atoms with Crippen molar-refractivity contribution < 1.29 is 4.79 Å². The van der Waals surface area contributed by atoms with Gasteiger partial charge in [0.15, 0.2) is 5.65 Å². The fourth-order valence-electron chi connectivity index (χ4n) is 2.59. The number of nitrogens with zero attached hydrogens (tertiary/aromatic N) is 3. The van der Waals surface area contributed by atoms with E-state index < -0.39 is 5.50 Å². The average Bonchev–Trinajstić information content (AvgIpc) is 2.79. The molecule has 22 heavy (non-hydrogen) atoms. The summed E-state index contributed by atoms with van der Waals surface area (Å²) >= 11 is 12.3. The molecule has 0 fully saturated rings. The van der Waals surface area contributed by atoms with E-state index in [4.69, 9.17) is 23.2 Å². The van der Waals surface area contributed by atoms with Crippen molar-refractivity contribution in [3.8, 4) is 0 Å². The zero-order chi connectivity index (χ0) is 15.3. The molecule has 0 spiro atoms. The highest BCUT2D eigenvalue weighted by molar-refractivity contribution is 6.30. The molecule has 0 saturated carbocycles. The molecular weight excluding hydrogens is 321 g/mol. The molecule has 1 aliphatic heterocycles. The fraction of sp³-hybridized carbons (Fsp3) is 0.0625. The second kappa shape index (κ2) is 4.93. The summed E-state index contributed by atoms with van der Waals surface area (Å²) in [5.41, 5.74) is 1.30. The summed E-state index contributed by atoms with van der Waals surface area (Å²) in [5, 5.41) is 1.21. The van der Waals surface area contributed by atoms with Crippen LogP contribution in [-0.4, -0.2) is 15.9 Å². The van der Waals surface area contributed by atoms with Crippen molar-refractivity contribution in [1.29, 1.82) is 0 Å². The number of carbonyl (C=O) groups excluding carboxylic acids is 1. The number of hydrogen-bond donors (Lipinski definition) is 0. The van der Waals surface area contributed by atoms with E-state index in [0.29, 0.717) is 22.2 Å². The highest BCUT2D eigenvalue weighted by Gasteiger charge is 2.37. The minimum Gasteiger partial charge on any atom is -0.271 e. The van der Waals surface area contributed by atoms with Crippen LogP contribution in [0.15, 0.2) is 48.5 Å². The maximum absolute atomic E-state index is 12.6. The molecule has 1 aliphatic rings. The van der Waals surface area contributed by atoms with Gasteiger partial charge in [0.1, 0.15) is 16.5 Å². The van der Waals surface area contributed by atoms with Gasteiger partial charge in [0.2, 0.25) is 0 Å². The van der Waals surface area contributed by atoms with Gasteiger partial charge in [0.05, 0.1) is 0 Å². The Morgan fingerprint density at radius 3 is 2.59 bits per heavy atom. The van der Waals surface area contributed by atoms with Gasteiger partial charge in [0, 0.05) is 16.5 Å². The fourth-order valence-corrected chi connectivity index (χ4v) is 3.11. The number of benzene rings is 1. The van der Waals surface area contributed by atoms with E-state index in [1.165, 1.54) is 4.90 Å². The summed E-state index contributed by atoms with van der Waals surface area (Å²) in [6.07, 6.45) is 0. The molecule has 3 aromatic rings. The summed E-state index contributed by atoms with van der Waals surface area (Å²) in [6.45, 7) is 0. The summed E-state index contributed by atoms with van der Waals surface area (Å²) in [4.78, 5) is 22.6. The van der Waals surface area contributed by atoms with E-state index in [0.717, 1.165) is 10.9 Å². The Balaban J connectivity index is 1.84. The maximum atomic E-state index is 12.6. The van der Waals surface area contributed by atoms with Gasteiger partial charge >= 0.3 is 0 Å². The van der Waals surface area contributed by atoms with E-state index >= 15 is 0 Å². The van der Waals surface area contributed by atoms with Crippen LogP contribution in [0.2, 0.25) is 5.15 Å². The third-order valence-corrected chi connectivity index (χ3v) is 4.28. The maximum Gasteiger partial charge on any atom is 0.261 e. The van der Waals surface area contributed by atoms with Gasteiger partial charge in [-0.1, -0.05) is 41.4 Å². The Labute approximate surface area is 136 Å². The minimum atomic E-state index is -0.576. The normalized spacial score (nSPS) is 17.1. The molecule has 2 aromatic heterocycles. The lowest BCUT2D eigenvalue weighted by Crippen LogP contribution is -2.26. The van der Waals surface area contributed by atoms with Crippen LogP contribution < -0.4 is 4.90 Å². The number of fused-ring (bicyclic) bond motifs is 2. The number of anilines is 1. The molecule has 0 aliphatic carbocycles. The Hall–Kier alpha value is -2.17. The average molecular weight is 330 g/mol. The van der Waals surface area contributed by atoms with E-state index in [2.05, 4.69) is 9.97 Å². The minimum absolute atomic E-state index is 0.163. The van der Waals surface area contributed by atoms with Crippen LogP contribution in [0.1, 0.15) is 21.4 Å². The van der Waals surface area contributed by atoms with Crippen LogP contribution in [0, 0.1) is 0 Å². The SMILES string of the molecule is O=C1c2ccccc2C(Cl)N1c1ccc2ccc(Cl)nc2n1. The summed E-state index contributed by atoms with van der Waals surface area (Å²) < 4.78 is 0. The second-order valence-electron chi connectivity index (χ2n) is 4.95. The van der Waals surface area contributed by atoms with E-state index in [-0.39, 0.29) is 5.91 Å². The largest absolute Gasteiger partial charge is 0.271 e. The number of alkyl halides is 1. The number of carbonyl (C=O) groups is 1. The summed E-state index contributed by atoms with van der Waals surface area (Å²) in [7, 11) is 0. The van der Waals surface area contributed by atoms with Crippen LogP contribution in [0.5, 0.6) is 0 Å². The molecule has 0 radical (unpaired) electrons. The molecule has 4 nitrogen and oxygen atoms in total. The van der Waals surface area contributed by atoms with Crippen LogP contribution in [-0.2, 0) is 0 Å². The lowest BCUT2D eigenvalue weighted by atomic mass is 10.1. The first-order valence-electron chi connectivity index (χ1n) is 6.65. The second-order valence-corrected chi connectivity index (χ2v) is 5.75. The van der Waals surface area contributed by atoms with Gasteiger partial charge in [-0.15, -0.1) is 0 Å². The van der Waals surface area contributed by atoms with E-state index in [1.54, 1.807) is 18.2 Å². The van der Waals surface area contributed by atoms with Gasteiger partial charge in [0.25, 0.3) is 5.91 Å².